The molecule has 110 valence electrons. The molecule has 0 saturated heterocycles. The Morgan fingerprint density at radius 1 is 1.10 bits per heavy atom. The smallest absolute Gasteiger partial charge is 0.200 e. The lowest BCUT2D eigenvalue weighted by Crippen LogP contribution is -2.05. The number of hydrogen-bond donors (Lipinski definition) is 4. The van der Waals surface area contributed by atoms with E-state index in [-0.39, 0.29) is 0 Å². The van der Waals surface area contributed by atoms with Crippen molar-refractivity contribution in [3.63, 3.8) is 0 Å². The van der Waals surface area contributed by atoms with Crippen molar-refractivity contribution >= 4 is 17.8 Å². The first-order chi connectivity index (χ1) is 10.0. The standard InChI is InChI=1S/C15H14ClNO4/c16-11-3-1-2-9(7-11)6-10(8-17-21)12-4-5-13(18)15(20)14(12)19/h1-5,7-8,10,18-21H,6H2. The molecule has 0 aliphatic heterocycles. The van der Waals surface area contributed by atoms with Crippen molar-refractivity contribution in [2.24, 2.45) is 5.16 Å². The van der Waals surface area contributed by atoms with Crippen LogP contribution in [-0.2, 0) is 6.42 Å². The minimum absolute atomic E-state index is 0.336. The average Bonchev–Trinajstić information content (AvgIpc) is 2.45. The normalized spacial score (nSPS) is 12.6. The second-order valence-corrected chi connectivity index (χ2v) is 5.01. The van der Waals surface area contributed by atoms with Crippen molar-refractivity contribution in [3.05, 3.63) is 52.5 Å². The maximum Gasteiger partial charge on any atom is 0.200 e. The van der Waals surface area contributed by atoms with E-state index >= 15 is 0 Å². The van der Waals surface area contributed by atoms with Crippen LogP contribution in [0, 0.1) is 0 Å². The predicted octanol–water partition coefficient (Wildman–Crippen LogP) is 3.24. The summed E-state index contributed by atoms with van der Waals surface area (Å²) < 4.78 is 0. The number of halogens is 1. The van der Waals surface area contributed by atoms with E-state index in [4.69, 9.17) is 16.8 Å². The molecule has 0 heterocycles. The Kier molecular flexibility index (Phi) is 4.55. The third kappa shape index (κ3) is 3.38. The molecule has 0 spiro atoms. The summed E-state index contributed by atoms with van der Waals surface area (Å²) in [5, 5.41) is 41.2. The summed E-state index contributed by atoms with van der Waals surface area (Å²) in [6, 6.07) is 9.86. The average molecular weight is 308 g/mol. The van der Waals surface area contributed by atoms with Crippen molar-refractivity contribution in [1.82, 2.24) is 0 Å². The molecular weight excluding hydrogens is 294 g/mol. The Labute approximate surface area is 126 Å². The summed E-state index contributed by atoms with van der Waals surface area (Å²) in [4.78, 5) is 0. The SMILES string of the molecule is ON=CC(Cc1cccc(Cl)c1)c1ccc(O)c(O)c1O. The van der Waals surface area contributed by atoms with Crippen LogP contribution in [0.3, 0.4) is 0 Å². The summed E-state index contributed by atoms with van der Waals surface area (Å²) in [5.41, 5.74) is 1.21. The van der Waals surface area contributed by atoms with Crippen LogP contribution in [0.2, 0.25) is 5.02 Å². The van der Waals surface area contributed by atoms with E-state index in [0.29, 0.717) is 17.0 Å². The van der Waals surface area contributed by atoms with E-state index in [1.807, 2.05) is 6.07 Å². The van der Waals surface area contributed by atoms with Crippen LogP contribution < -0.4 is 0 Å². The van der Waals surface area contributed by atoms with Crippen LogP contribution in [0.4, 0.5) is 0 Å². The van der Waals surface area contributed by atoms with Crippen molar-refractivity contribution in [3.8, 4) is 17.2 Å². The van der Waals surface area contributed by atoms with Crippen LogP contribution in [0.5, 0.6) is 17.2 Å². The number of nitrogens with zero attached hydrogens (tertiary/aromatic N) is 1. The number of phenolic OH excluding ortho intramolecular Hbond substituents is 3. The first-order valence-corrected chi connectivity index (χ1v) is 6.56. The van der Waals surface area contributed by atoms with Crippen molar-refractivity contribution in [2.45, 2.75) is 12.3 Å². The monoisotopic (exact) mass is 307 g/mol. The Morgan fingerprint density at radius 2 is 1.86 bits per heavy atom. The number of phenols is 3. The summed E-state index contributed by atoms with van der Waals surface area (Å²) in [7, 11) is 0. The summed E-state index contributed by atoms with van der Waals surface area (Å²) in [6.45, 7) is 0. The van der Waals surface area contributed by atoms with Gasteiger partial charge in [0.15, 0.2) is 11.5 Å². The van der Waals surface area contributed by atoms with Gasteiger partial charge in [-0.2, -0.15) is 0 Å². The fraction of sp³-hybridized carbons (Fsp3) is 0.133. The van der Waals surface area contributed by atoms with Gasteiger partial charge in [0.25, 0.3) is 0 Å². The molecule has 6 heteroatoms. The first-order valence-electron chi connectivity index (χ1n) is 6.18. The fourth-order valence-electron chi connectivity index (χ4n) is 2.13. The number of oxime groups is 1. The van der Waals surface area contributed by atoms with Crippen LogP contribution in [-0.4, -0.2) is 26.7 Å². The lowest BCUT2D eigenvalue weighted by molar-refractivity contribution is 0.319. The minimum Gasteiger partial charge on any atom is -0.504 e. The van der Waals surface area contributed by atoms with E-state index < -0.39 is 23.2 Å². The van der Waals surface area contributed by atoms with E-state index in [2.05, 4.69) is 5.16 Å². The molecule has 0 aliphatic carbocycles. The number of benzene rings is 2. The molecule has 0 amide bonds. The van der Waals surface area contributed by atoms with Crippen LogP contribution in [0.1, 0.15) is 17.0 Å². The minimum atomic E-state index is -0.602. The third-order valence-electron chi connectivity index (χ3n) is 3.15. The number of rotatable bonds is 4. The third-order valence-corrected chi connectivity index (χ3v) is 3.39. The largest absolute Gasteiger partial charge is 0.504 e. The van der Waals surface area contributed by atoms with Gasteiger partial charge < -0.3 is 20.5 Å². The molecule has 2 rings (SSSR count). The molecule has 1 atom stereocenters. The highest BCUT2D eigenvalue weighted by atomic mass is 35.5. The number of aromatic hydroxyl groups is 3. The van der Waals surface area contributed by atoms with Gasteiger partial charge in [0.05, 0.1) is 6.21 Å². The van der Waals surface area contributed by atoms with Crippen molar-refractivity contribution < 1.29 is 20.5 Å². The van der Waals surface area contributed by atoms with E-state index in [0.717, 1.165) is 5.56 Å². The van der Waals surface area contributed by atoms with E-state index in [9.17, 15) is 15.3 Å². The molecule has 5 nitrogen and oxygen atoms in total. The van der Waals surface area contributed by atoms with Gasteiger partial charge in [0.1, 0.15) is 0 Å². The highest BCUT2D eigenvalue weighted by Crippen LogP contribution is 2.40. The molecule has 0 radical (unpaired) electrons. The summed E-state index contributed by atoms with van der Waals surface area (Å²) >= 11 is 5.92. The zero-order chi connectivity index (χ0) is 15.4. The van der Waals surface area contributed by atoms with Gasteiger partial charge >= 0.3 is 0 Å². The van der Waals surface area contributed by atoms with E-state index in [1.165, 1.54) is 18.3 Å². The van der Waals surface area contributed by atoms with E-state index in [1.54, 1.807) is 18.2 Å². The van der Waals surface area contributed by atoms with Crippen molar-refractivity contribution in [1.29, 1.82) is 0 Å². The molecule has 4 N–H and O–H groups in total. The summed E-state index contributed by atoms with van der Waals surface area (Å²) in [6.07, 6.45) is 1.65. The van der Waals surface area contributed by atoms with Gasteiger partial charge in [0.2, 0.25) is 5.75 Å². The van der Waals surface area contributed by atoms with Gasteiger partial charge in [-0.25, -0.2) is 0 Å². The lowest BCUT2D eigenvalue weighted by atomic mass is 9.92. The quantitative estimate of drug-likeness (QED) is 0.302. The highest BCUT2D eigenvalue weighted by molar-refractivity contribution is 6.30. The molecule has 21 heavy (non-hydrogen) atoms. The molecule has 0 aromatic heterocycles. The molecule has 0 aliphatic rings. The molecule has 2 aromatic rings. The molecule has 2 aromatic carbocycles. The topological polar surface area (TPSA) is 93.3 Å². The lowest BCUT2D eigenvalue weighted by Gasteiger charge is -2.15. The Morgan fingerprint density at radius 3 is 2.52 bits per heavy atom. The van der Waals surface area contributed by atoms with Crippen LogP contribution in [0.15, 0.2) is 41.6 Å². The zero-order valence-electron chi connectivity index (χ0n) is 10.9. The van der Waals surface area contributed by atoms with Crippen LogP contribution >= 0.6 is 11.6 Å². The maximum absolute atomic E-state index is 9.93. The fourth-order valence-corrected chi connectivity index (χ4v) is 2.34. The van der Waals surface area contributed by atoms with Crippen LogP contribution in [0.25, 0.3) is 0 Å². The maximum atomic E-state index is 9.93. The Bertz CT molecular complexity index is 673. The molecular formula is C15H14ClNO4. The zero-order valence-corrected chi connectivity index (χ0v) is 11.7. The van der Waals surface area contributed by atoms with Crippen molar-refractivity contribution in [2.75, 3.05) is 0 Å². The second kappa shape index (κ2) is 6.37. The highest BCUT2D eigenvalue weighted by Gasteiger charge is 2.19. The molecule has 0 bridgehead atoms. The first kappa shape index (κ1) is 15.0. The molecule has 0 fully saturated rings. The Hall–Kier alpha value is -2.40. The predicted molar refractivity (Wildman–Crippen MR) is 79.6 cm³/mol. The second-order valence-electron chi connectivity index (χ2n) is 4.58. The van der Waals surface area contributed by atoms with Gasteiger partial charge in [-0.05, 0) is 30.2 Å². The Balaban J connectivity index is 2.38. The molecule has 0 saturated carbocycles. The van der Waals surface area contributed by atoms with Gasteiger partial charge in [0, 0.05) is 16.5 Å². The summed E-state index contributed by atoms with van der Waals surface area (Å²) in [5.74, 6) is -1.95. The van der Waals surface area contributed by atoms with Gasteiger partial charge in [-0.3, -0.25) is 0 Å². The molecule has 1 unspecified atom stereocenters. The number of hydrogen-bond acceptors (Lipinski definition) is 5. The van der Waals surface area contributed by atoms with Gasteiger partial charge in [-0.1, -0.05) is 29.8 Å². The van der Waals surface area contributed by atoms with Gasteiger partial charge in [-0.15, -0.1) is 5.16 Å².